The summed E-state index contributed by atoms with van der Waals surface area (Å²) in [4.78, 5) is 19.9. The zero-order chi connectivity index (χ0) is 35.6. The Morgan fingerprint density at radius 1 is 0.370 bits per heavy atom. The molecule has 0 radical (unpaired) electrons. The number of pyridine rings is 1. The molecule has 0 N–H and O–H groups in total. The molecule has 0 saturated heterocycles. The van der Waals surface area contributed by atoms with Crippen molar-refractivity contribution in [3.8, 4) is 56.4 Å². The predicted molar refractivity (Wildman–Crippen MR) is 218 cm³/mol. The molecule has 4 heterocycles. The van der Waals surface area contributed by atoms with Gasteiger partial charge in [0.2, 0.25) is 0 Å². The first kappa shape index (κ1) is 30.2. The van der Waals surface area contributed by atoms with E-state index in [1.54, 1.807) is 0 Å². The summed E-state index contributed by atoms with van der Waals surface area (Å²) < 4.78 is 8.90. The first-order chi connectivity index (χ1) is 26.7. The molecule has 0 bridgehead atoms. The summed E-state index contributed by atoms with van der Waals surface area (Å²) >= 11 is 0. The van der Waals surface area contributed by atoms with E-state index in [0.717, 1.165) is 88.5 Å². The van der Waals surface area contributed by atoms with Crippen LogP contribution in [0.2, 0.25) is 0 Å². The van der Waals surface area contributed by atoms with Crippen molar-refractivity contribution < 1.29 is 4.42 Å². The molecule has 0 spiro atoms. The van der Waals surface area contributed by atoms with E-state index in [4.69, 9.17) is 24.4 Å². The Hall–Kier alpha value is -7.44. The number of benzene rings is 7. The average Bonchev–Trinajstić information content (AvgIpc) is 3.83. The topological polar surface area (TPSA) is 69.1 Å². The quantitative estimate of drug-likeness (QED) is 0.180. The van der Waals surface area contributed by atoms with Crippen LogP contribution >= 0.6 is 0 Å². The summed E-state index contributed by atoms with van der Waals surface area (Å²) in [5, 5.41) is 3.17. The molecule has 0 aliphatic rings. The van der Waals surface area contributed by atoms with E-state index in [2.05, 4.69) is 114 Å². The maximum atomic E-state index is 6.64. The van der Waals surface area contributed by atoms with Gasteiger partial charge in [-0.2, -0.15) is 0 Å². The highest BCUT2D eigenvalue weighted by atomic mass is 16.3. The zero-order valence-electron chi connectivity index (χ0n) is 28.9. The van der Waals surface area contributed by atoms with Gasteiger partial charge in [0, 0.05) is 32.8 Å². The van der Waals surface area contributed by atoms with Gasteiger partial charge in [-0.15, -0.1) is 0 Å². The number of aromatic nitrogens is 5. The second-order valence-corrected chi connectivity index (χ2v) is 13.5. The van der Waals surface area contributed by atoms with Crippen LogP contribution in [0, 0.1) is 0 Å². The van der Waals surface area contributed by atoms with E-state index in [9.17, 15) is 0 Å². The number of para-hydroxylation sites is 2. The van der Waals surface area contributed by atoms with E-state index in [1.807, 2.05) is 66.7 Å². The molecule has 6 heteroatoms. The highest BCUT2D eigenvalue weighted by Crippen LogP contribution is 2.40. The summed E-state index contributed by atoms with van der Waals surface area (Å²) in [5.74, 6) is 1.91. The highest BCUT2D eigenvalue weighted by Gasteiger charge is 2.20. The third-order valence-electron chi connectivity index (χ3n) is 10.2. The van der Waals surface area contributed by atoms with E-state index < -0.39 is 0 Å². The summed E-state index contributed by atoms with van der Waals surface area (Å²) in [5.41, 5.74) is 12.9. The average molecular weight is 692 g/mol. The van der Waals surface area contributed by atoms with Crippen LogP contribution in [0.15, 0.2) is 180 Å². The molecular formula is C48H29N5O. The summed E-state index contributed by atoms with van der Waals surface area (Å²) in [7, 11) is 0. The van der Waals surface area contributed by atoms with Gasteiger partial charge in [0.05, 0.1) is 11.0 Å². The van der Waals surface area contributed by atoms with E-state index in [1.165, 1.54) is 0 Å². The molecule has 11 aromatic rings. The smallest absolute Gasteiger partial charge is 0.164 e. The second kappa shape index (κ2) is 12.1. The van der Waals surface area contributed by atoms with Crippen molar-refractivity contribution in [2.75, 3.05) is 0 Å². The monoisotopic (exact) mass is 691 g/mol. The first-order valence-corrected chi connectivity index (χ1v) is 18.0. The summed E-state index contributed by atoms with van der Waals surface area (Å²) in [6.07, 6.45) is 0. The number of imidazole rings is 1. The fraction of sp³-hybridized carbons (Fsp3) is 0. The Morgan fingerprint density at radius 3 is 1.57 bits per heavy atom. The van der Waals surface area contributed by atoms with Crippen molar-refractivity contribution in [1.29, 1.82) is 0 Å². The standard InChI is InChI=1S/C48H29N5O/c1-3-13-30(14-4-1)45-50-46(31-15-5-2-6-16-31)52-47(51-45)36-20-12-19-34(28-36)32-17-11-18-33(27-32)35-25-26-42-39(29-35)43-44(54-42)37-21-7-8-22-38(37)48-49-40-23-9-10-24-41(40)53(43)48/h1-29H. The molecule has 0 saturated carbocycles. The van der Waals surface area contributed by atoms with Gasteiger partial charge in [-0.1, -0.05) is 140 Å². The van der Waals surface area contributed by atoms with Crippen LogP contribution < -0.4 is 0 Å². The zero-order valence-corrected chi connectivity index (χ0v) is 28.9. The third kappa shape index (κ3) is 4.89. The number of hydrogen-bond donors (Lipinski definition) is 0. The first-order valence-electron chi connectivity index (χ1n) is 18.0. The molecule has 11 rings (SSSR count). The molecule has 0 fully saturated rings. The van der Waals surface area contributed by atoms with Crippen molar-refractivity contribution in [2.24, 2.45) is 0 Å². The molecule has 4 aromatic heterocycles. The molecule has 0 atom stereocenters. The Morgan fingerprint density at radius 2 is 0.889 bits per heavy atom. The van der Waals surface area contributed by atoms with Gasteiger partial charge < -0.3 is 4.42 Å². The molecule has 0 unspecified atom stereocenters. The SMILES string of the molecule is c1ccc(-c2nc(-c3ccccc3)nc(-c3cccc(-c4cccc(-c5ccc6oc7c8ccccc8c8nc9ccccc9n8c7c6c5)c4)c3)n2)cc1. The fourth-order valence-electron chi connectivity index (χ4n) is 7.63. The van der Waals surface area contributed by atoms with Crippen LogP contribution in [0.4, 0.5) is 0 Å². The molecule has 0 amide bonds. The lowest BCUT2D eigenvalue weighted by Gasteiger charge is -2.10. The van der Waals surface area contributed by atoms with E-state index in [0.29, 0.717) is 17.5 Å². The molecule has 0 aliphatic heterocycles. The van der Waals surface area contributed by atoms with Crippen LogP contribution in [0.1, 0.15) is 0 Å². The van der Waals surface area contributed by atoms with Crippen molar-refractivity contribution >= 4 is 49.5 Å². The van der Waals surface area contributed by atoms with Crippen LogP contribution in [0.5, 0.6) is 0 Å². The molecule has 6 nitrogen and oxygen atoms in total. The fourth-order valence-corrected chi connectivity index (χ4v) is 7.63. The van der Waals surface area contributed by atoms with Gasteiger partial charge >= 0.3 is 0 Å². The molecule has 54 heavy (non-hydrogen) atoms. The molecule has 7 aromatic carbocycles. The highest BCUT2D eigenvalue weighted by molar-refractivity contribution is 6.19. The second-order valence-electron chi connectivity index (χ2n) is 13.5. The maximum Gasteiger partial charge on any atom is 0.164 e. The minimum atomic E-state index is 0.629. The van der Waals surface area contributed by atoms with Gasteiger partial charge in [-0.25, -0.2) is 19.9 Å². The number of furan rings is 1. The van der Waals surface area contributed by atoms with Crippen LogP contribution in [-0.2, 0) is 0 Å². The van der Waals surface area contributed by atoms with Gasteiger partial charge in [0.25, 0.3) is 0 Å². The Balaban J connectivity index is 1.04. The normalized spacial score (nSPS) is 11.7. The lowest BCUT2D eigenvalue weighted by molar-refractivity contribution is 0.672. The van der Waals surface area contributed by atoms with E-state index >= 15 is 0 Å². The van der Waals surface area contributed by atoms with Gasteiger partial charge in [-0.05, 0) is 58.7 Å². The van der Waals surface area contributed by atoms with Crippen LogP contribution in [0.25, 0.3) is 106 Å². The third-order valence-corrected chi connectivity index (χ3v) is 10.2. The Bertz CT molecular complexity index is 3160. The van der Waals surface area contributed by atoms with Crippen molar-refractivity contribution in [3.05, 3.63) is 176 Å². The molecule has 0 aliphatic carbocycles. The summed E-state index contributed by atoms with van der Waals surface area (Å²) in [6, 6.07) is 60.4. The van der Waals surface area contributed by atoms with E-state index in [-0.39, 0.29) is 0 Å². The minimum absolute atomic E-state index is 0.629. The predicted octanol–water partition coefficient (Wildman–Crippen LogP) is 12.1. The Labute approximate surface area is 309 Å². The minimum Gasteiger partial charge on any atom is -0.454 e. The van der Waals surface area contributed by atoms with Gasteiger partial charge in [-0.3, -0.25) is 4.40 Å². The molecule has 252 valence electrons. The van der Waals surface area contributed by atoms with Crippen LogP contribution in [0.3, 0.4) is 0 Å². The van der Waals surface area contributed by atoms with Gasteiger partial charge in [0.1, 0.15) is 16.7 Å². The van der Waals surface area contributed by atoms with Gasteiger partial charge in [0.15, 0.2) is 23.1 Å². The van der Waals surface area contributed by atoms with Crippen LogP contribution in [-0.4, -0.2) is 24.3 Å². The molecular weight excluding hydrogens is 663 g/mol. The lowest BCUT2D eigenvalue weighted by Crippen LogP contribution is -2.00. The summed E-state index contributed by atoms with van der Waals surface area (Å²) in [6.45, 7) is 0. The Kier molecular flexibility index (Phi) is 6.75. The number of fused-ring (bicyclic) bond motifs is 10. The number of nitrogens with zero attached hydrogens (tertiary/aromatic N) is 5. The number of hydrogen-bond acceptors (Lipinski definition) is 5. The largest absolute Gasteiger partial charge is 0.454 e. The lowest BCUT2D eigenvalue weighted by atomic mass is 9.97. The van der Waals surface area contributed by atoms with Crippen molar-refractivity contribution in [3.63, 3.8) is 0 Å². The van der Waals surface area contributed by atoms with Crippen molar-refractivity contribution in [2.45, 2.75) is 0 Å². The number of rotatable bonds is 5. The van der Waals surface area contributed by atoms with Crippen molar-refractivity contribution in [1.82, 2.24) is 24.3 Å². The maximum absolute atomic E-state index is 6.64.